The molecule has 0 fully saturated rings. The van der Waals surface area contributed by atoms with E-state index in [1.54, 1.807) is 0 Å². The Kier molecular flexibility index (Phi) is 6.81. The molecule has 0 amide bonds. The Morgan fingerprint density at radius 3 is 2.36 bits per heavy atom. The number of aromatic nitrogens is 1. The number of benzene rings is 1. The monoisotopic (exact) mass is 368 g/mol. The van der Waals surface area contributed by atoms with E-state index in [4.69, 9.17) is 15.9 Å². The van der Waals surface area contributed by atoms with Gasteiger partial charge in [-0.2, -0.15) is 0 Å². The van der Waals surface area contributed by atoms with E-state index in [0.717, 1.165) is 11.0 Å². The largest absolute Gasteiger partial charge is 0.478 e. The number of carboxylic acids is 2. The van der Waals surface area contributed by atoms with Crippen LogP contribution in [0.1, 0.15) is 6.92 Å². The Morgan fingerprint density at radius 1 is 1.27 bits per heavy atom. The quantitative estimate of drug-likeness (QED) is 0.718. The second kappa shape index (κ2) is 8.35. The zero-order chi connectivity index (χ0) is 16.7. The molecule has 4 N–H and O–H groups in total. The average Bonchev–Trinajstić information content (AvgIpc) is 2.78. The van der Waals surface area contributed by atoms with E-state index in [9.17, 15) is 9.59 Å². The van der Waals surface area contributed by atoms with Gasteiger partial charge in [-0.3, -0.25) is 0 Å². The van der Waals surface area contributed by atoms with Crippen molar-refractivity contribution in [2.24, 2.45) is 5.73 Å². The van der Waals surface area contributed by atoms with E-state index in [1.165, 1.54) is 10.9 Å². The number of aliphatic carboxylic acids is 2. The van der Waals surface area contributed by atoms with E-state index in [1.807, 2.05) is 6.92 Å². The number of nitrogens with zero attached hydrogens (tertiary/aromatic N) is 1. The molecule has 0 bridgehead atoms. The SMILES string of the molecule is CC(N)Cn1ccc2cc(Br)ccc21.O=C(O)/C=C/C(=O)O. The highest BCUT2D eigenvalue weighted by Gasteiger charge is 2.02. The van der Waals surface area contributed by atoms with Crippen LogP contribution < -0.4 is 5.73 Å². The van der Waals surface area contributed by atoms with Gasteiger partial charge in [-0.05, 0) is 31.2 Å². The Bertz CT molecular complexity index is 676. The topological polar surface area (TPSA) is 106 Å². The molecule has 0 aliphatic heterocycles. The number of rotatable bonds is 4. The molecule has 0 aliphatic rings. The second-order valence-electron chi connectivity index (χ2n) is 4.66. The molecular formula is C15H17BrN2O4. The Hall–Kier alpha value is -2.12. The lowest BCUT2D eigenvalue weighted by Gasteiger charge is -2.08. The Labute approximate surface area is 136 Å². The van der Waals surface area contributed by atoms with Gasteiger partial charge in [0.15, 0.2) is 0 Å². The molecule has 1 aromatic heterocycles. The molecule has 22 heavy (non-hydrogen) atoms. The summed E-state index contributed by atoms with van der Waals surface area (Å²) < 4.78 is 3.30. The van der Waals surface area contributed by atoms with Crippen molar-refractivity contribution in [2.75, 3.05) is 0 Å². The number of carboxylic acid groups (broad SMARTS) is 2. The summed E-state index contributed by atoms with van der Waals surface area (Å²) in [5.41, 5.74) is 7.02. The van der Waals surface area contributed by atoms with Gasteiger partial charge in [-0.25, -0.2) is 9.59 Å². The van der Waals surface area contributed by atoms with Gasteiger partial charge in [-0.15, -0.1) is 0 Å². The maximum Gasteiger partial charge on any atom is 0.328 e. The predicted molar refractivity (Wildman–Crippen MR) is 87.7 cm³/mol. The summed E-state index contributed by atoms with van der Waals surface area (Å²) in [7, 11) is 0. The molecule has 0 aliphatic carbocycles. The highest BCUT2D eigenvalue weighted by Crippen LogP contribution is 2.20. The first kappa shape index (κ1) is 17.9. The summed E-state index contributed by atoms with van der Waals surface area (Å²) in [5, 5.41) is 16.9. The first-order chi connectivity index (χ1) is 10.3. The summed E-state index contributed by atoms with van der Waals surface area (Å²) >= 11 is 3.46. The van der Waals surface area contributed by atoms with Crippen molar-refractivity contribution in [1.82, 2.24) is 4.57 Å². The van der Waals surface area contributed by atoms with E-state index < -0.39 is 11.9 Å². The molecule has 2 rings (SSSR count). The first-order valence-corrected chi connectivity index (χ1v) is 7.23. The van der Waals surface area contributed by atoms with Gasteiger partial charge in [0.25, 0.3) is 0 Å². The van der Waals surface area contributed by atoms with Crippen molar-refractivity contribution < 1.29 is 19.8 Å². The van der Waals surface area contributed by atoms with Crippen LogP contribution in [0.25, 0.3) is 10.9 Å². The minimum atomic E-state index is -1.26. The van der Waals surface area contributed by atoms with Crippen LogP contribution in [0.3, 0.4) is 0 Å². The number of nitrogens with two attached hydrogens (primary N) is 1. The molecule has 7 heteroatoms. The second-order valence-corrected chi connectivity index (χ2v) is 5.57. The van der Waals surface area contributed by atoms with Crippen LogP contribution in [0.15, 0.2) is 47.1 Å². The van der Waals surface area contributed by atoms with Crippen molar-refractivity contribution in [3.05, 3.63) is 47.1 Å². The number of halogens is 1. The van der Waals surface area contributed by atoms with Gasteiger partial charge < -0.3 is 20.5 Å². The molecule has 1 heterocycles. The standard InChI is InChI=1S/C11H13BrN2.C4H4O4/c1-8(13)7-14-5-4-9-6-10(12)2-3-11(9)14;5-3(6)1-2-4(7)8/h2-6,8H,7,13H2,1H3;1-2H,(H,5,6)(H,7,8)/b;2-1+. The molecule has 118 valence electrons. The summed E-state index contributed by atoms with van der Waals surface area (Å²) in [6.07, 6.45) is 3.20. The van der Waals surface area contributed by atoms with Crippen LogP contribution in [-0.4, -0.2) is 32.8 Å². The van der Waals surface area contributed by atoms with Crippen molar-refractivity contribution >= 4 is 38.8 Å². The van der Waals surface area contributed by atoms with E-state index in [-0.39, 0.29) is 6.04 Å². The van der Waals surface area contributed by atoms with Crippen molar-refractivity contribution in [3.8, 4) is 0 Å². The van der Waals surface area contributed by atoms with Gasteiger partial charge in [0.1, 0.15) is 0 Å². The fraction of sp³-hybridized carbons (Fsp3) is 0.200. The third-order valence-electron chi connectivity index (χ3n) is 2.59. The highest BCUT2D eigenvalue weighted by molar-refractivity contribution is 9.10. The van der Waals surface area contributed by atoms with Crippen LogP contribution >= 0.6 is 15.9 Å². The third-order valence-corrected chi connectivity index (χ3v) is 3.08. The zero-order valence-electron chi connectivity index (χ0n) is 11.9. The number of hydrogen-bond acceptors (Lipinski definition) is 3. The average molecular weight is 369 g/mol. The van der Waals surface area contributed by atoms with Crippen LogP contribution in [0, 0.1) is 0 Å². The molecule has 0 saturated carbocycles. The smallest absolute Gasteiger partial charge is 0.328 e. The highest BCUT2D eigenvalue weighted by atomic mass is 79.9. The summed E-state index contributed by atoms with van der Waals surface area (Å²) in [6.45, 7) is 2.88. The molecule has 2 aromatic rings. The summed E-state index contributed by atoms with van der Waals surface area (Å²) in [4.78, 5) is 19.1. The number of fused-ring (bicyclic) bond motifs is 1. The fourth-order valence-electron chi connectivity index (χ4n) is 1.78. The van der Waals surface area contributed by atoms with Crippen LogP contribution in [-0.2, 0) is 16.1 Å². The van der Waals surface area contributed by atoms with Gasteiger partial charge in [0, 0.05) is 46.3 Å². The molecule has 1 aromatic carbocycles. The number of hydrogen-bond donors (Lipinski definition) is 3. The molecule has 0 radical (unpaired) electrons. The molecule has 6 nitrogen and oxygen atoms in total. The normalized spacial score (nSPS) is 12.0. The third kappa shape index (κ3) is 6.11. The predicted octanol–water partition coefficient (Wildman–Crippen LogP) is 2.46. The van der Waals surface area contributed by atoms with Gasteiger partial charge >= 0.3 is 11.9 Å². The van der Waals surface area contributed by atoms with Crippen molar-refractivity contribution in [2.45, 2.75) is 19.5 Å². The first-order valence-electron chi connectivity index (χ1n) is 6.43. The van der Waals surface area contributed by atoms with Crippen LogP contribution in [0.4, 0.5) is 0 Å². The summed E-state index contributed by atoms with van der Waals surface area (Å²) in [6, 6.07) is 8.59. The van der Waals surface area contributed by atoms with Crippen molar-refractivity contribution in [3.63, 3.8) is 0 Å². The molecule has 0 spiro atoms. The van der Waals surface area contributed by atoms with E-state index >= 15 is 0 Å². The molecular weight excluding hydrogens is 352 g/mol. The zero-order valence-corrected chi connectivity index (χ0v) is 13.5. The fourth-order valence-corrected chi connectivity index (χ4v) is 2.16. The van der Waals surface area contributed by atoms with E-state index in [2.05, 4.69) is 51.0 Å². The molecule has 1 unspecified atom stereocenters. The Balaban J connectivity index is 0.000000261. The maximum absolute atomic E-state index is 9.55. The lowest BCUT2D eigenvalue weighted by molar-refractivity contribution is -0.134. The minimum absolute atomic E-state index is 0.189. The van der Waals surface area contributed by atoms with Crippen molar-refractivity contribution in [1.29, 1.82) is 0 Å². The maximum atomic E-state index is 9.55. The minimum Gasteiger partial charge on any atom is -0.478 e. The molecule has 1 atom stereocenters. The van der Waals surface area contributed by atoms with E-state index in [0.29, 0.717) is 12.2 Å². The van der Waals surface area contributed by atoms with Crippen LogP contribution in [0.5, 0.6) is 0 Å². The summed E-state index contributed by atoms with van der Waals surface area (Å²) in [5.74, 6) is -2.51. The Morgan fingerprint density at radius 2 is 1.86 bits per heavy atom. The number of carbonyl (C=O) groups is 2. The lowest BCUT2D eigenvalue weighted by atomic mass is 10.2. The lowest BCUT2D eigenvalue weighted by Crippen LogP contribution is -2.21. The van der Waals surface area contributed by atoms with Gasteiger partial charge in [-0.1, -0.05) is 15.9 Å². The van der Waals surface area contributed by atoms with Crippen LogP contribution in [0.2, 0.25) is 0 Å². The molecule has 0 saturated heterocycles. The van der Waals surface area contributed by atoms with Gasteiger partial charge in [0.05, 0.1) is 0 Å². The van der Waals surface area contributed by atoms with Gasteiger partial charge in [0.2, 0.25) is 0 Å².